The molecule has 0 atom stereocenters. The Labute approximate surface area is 234 Å². The molecule has 11 heteroatoms. The van der Waals surface area contributed by atoms with Crippen LogP contribution in [0.4, 0.5) is 19.0 Å². The zero-order valence-electron chi connectivity index (χ0n) is 22.5. The number of alkyl halides is 3. The number of ether oxygens (including phenoxy) is 1. The summed E-state index contributed by atoms with van der Waals surface area (Å²) in [5.41, 5.74) is 3.18. The van der Waals surface area contributed by atoms with Gasteiger partial charge in [0, 0.05) is 49.6 Å². The van der Waals surface area contributed by atoms with E-state index >= 15 is 0 Å². The van der Waals surface area contributed by atoms with Gasteiger partial charge in [0.25, 0.3) is 0 Å². The number of carbonyl (C=O) groups is 1. The highest BCUT2D eigenvalue weighted by Gasteiger charge is 2.30. The van der Waals surface area contributed by atoms with Gasteiger partial charge in [-0.15, -0.1) is 0 Å². The van der Waals surface area contributed by atoms with Crippen molar-refractivity contribution in [2.45, 2.75) is 20.0 Å². The summed E-state index contributed by atoms with van der Waals surface area (Å²) in [5, 5.41) is 13.8. The minimum Gasteiger partial charge on any atom is -0.492 e. The first-order chi connectivity index (χ1) is 19.7. The van der Waals surface area contributed by atoms with Crippen LogP contribution < -0.4 is 9.64 Å². The summed E-state index contributed by atoms with van der Waals surface area (Å²) in [6.07, 6.45) is 2.09. The second-order valence-electron chi connectivity index (χ2n) is 9.61. The van der Waals surface area contributed by atoms with Crippen LogP contribution in [0.2, 0.25) is 0 Å². The summed E-state index contributed by atoms with van der Waals surface area (Å²) in [7, 11) is 0. The van der Waals surface area contributed by atoms with Crippen LogP contribution in [0.15, 0.2) is 67.1 Å². The molecule has 8 nitrogen and oxygen atoms in total. The molecular weight excluding hydrogens is 533 g/mol. The van der Waals surface area contributed by atoms with Crippen LogP contribution in [0.25, 0.3) is 22.2 Å². The molecule has 1 aliphatic heterocycles. The lowest BCUT2D eigenvalue weighted by atomic mass is 10.0. The number of carbonyl (C=O) groups excluding carboxylic acids is 1. The first kappa shape index (κ1) is 27.7. The smallest absolute Gasteiger partial charge is 0.416 e. The minimum absolute atomic E-state index is 0.183. The number of hydrogen-bond acceptors (Lipinski definition) is 6. The Morgan fingerprint density at radius 2 is 1.83 bits per heavy atom. The fourth-order valence-corrected chi connectivity index (χ4v) is 4.81. The molecule has 3 aromatic heterocycles. The molecule has 1 aromatic carbocycles. The lowest BCUT2D eigenvalue weighted by Crippen LogP contribution is -2.48. The molecular formula is C30H27F3N6O2. The van der Waals surface area contributed by atoms with Crippen LogP contribution >= 0.6 is 0 Å². The number of aromatic nitrogens is 3. The molecule has 4 heterocycles. The number of pyridine rings is 2. The Morgan fingerprint density at radius 1 is 1.10 bits per heavy atom. The summed E-state index contributed by atoms with van der Waals surface area (Å²) in [4.78, 5) is 21.3. The lowest BCUT2D eigenvalue weighted by Gasteiger charge is -2.35. The first-order valence-corrected chi connectivity index (χ1v) is 13.1. The van der Waals surface area contributed by atoms with Crippen molar-refractivity contribution < 1.29 is 22.7 Å². The van der Waals surface area contributed by atoms with Gasteiger partial charge in [0.2, 0.25) is 5.91 Å². The average molecular weight is 561 g/mol. The predicted molar refractivity (Wildman–Crippen MR) is 148 cm³/mol. The van der Waals surface area contributed by atoms with Crippen molar-refractivity contribution in [3.63, 3.8) is 0 Å². The number of allylic oxidation sites excluding steroid dienone is 1. The monoisotopic (exact) mass is 560 g/mol. The maximum absolute atomic E-state index is 12.9. The first-order valence-electron chi connectivity index (χ1n) is 13.1. The highest BCUT2D eigenvalue weighted by molar-refractivity contribution is 5.95. The van der Waals surface area contributed by atoms with Crippen molar-refractivity contribution in [3.8, 4) is 22.9 Å². The largest absolute Gasteiger partial charge is 0.492 e. The molecule has 0 aliphatic carbocycles. The molecule has 0 spiro atoms. The SMILES string of the molecule is CCOc1cc(-c2ccc(N3CCN(C(=O)/C=C(\C)c4ccc(C(F)(F)F)cc4)CC3)nc2)c2c(C#N)cnn2c1. The Balaban J connectivity index is 1.26. The number of nitrogens with zero attached hydrogens (tertiary/aromatic N) is 6. The predicted octanol–water partition coefficient (Wildman–Crippen LogP) is 5.44. The minimum atomic E-state index is -4.40. The quantitative estimate of drug-likeness (QED) is 0.292. The summed E-state index contributed by atoms with van der Waals surface area (Å²) < 4.78 is 45.8. The van der Waals surface area contributed by atoms with Crippen molar-refractivity contribution in [1.82, 2.24) is 19.5 Å². The molecule has 1 amide bonds. The molecule has 0 unspecified atom stereocenters. The third kappa shape index (κ3) is 5.87. The van der Waals surface area contributed by atoms with Gasteiger partial charge in [-0.2, -0.15) is 23.5 Å². The third-order valence-electron chi connectivity index (χ3n) is 7.00. The van der Waals surface area contributed by atoms with E-state index in [-0.39, 0.29) is 5.91 Å². The Kier molecular flexibility index (Phi) is 7.66. The molecule has 0 radical (unpaired) electrons. The molecule has 0 bridgehead atoms. The van der Waals surface area contributed by atoms with Crippen molar-refractivity contribution in [2.75, 3.05) is 37.7 Å². The van der Waals surface area contributed by atoms with Gasteiger partial charge >= 0.3 is 6.18 Å². The van der Waals surface area contributed by atoms with E-state index in [1.54, 1.807) is 28.7 Å². The van der Waals surface area contributed by atoms with Crippen LogP contribution in [0, 0.1) is 11.3 Å². The fourth-order valence-electron chi connectivity index (χ4n) is 4.81. The molecule has 210 valence electrons. The number of benzene rings is 1. The topological polar surface area (TPSA) is 86.8 Å². The van der Waals surface area contributed by atoms with E-state index in [1.165, 1.54) is 24.4 Å². The van der Waals surface area contributed by atoms with Gasteiger partial charge in [-0.25, -0.2) is 9.50 Å². The van der Waals surface area contributed by atoms with Gasteiger partial charge < -0.3 is 14.5 Å². The normalized spacial score (nSPS) is 14.3. The molecule has 4 aromatic rings. The third-order valence-corrected chi connectivity index (χ3v) is 7.00. The Hall–Kier alpha value is -4.85. The number of anilines is 1. The van der Waals surface area contributed by atoms with E-state index in [4.69, 9.17) is 4.74 Å². The molecule has 41 heavy (non-hydrogen) atoms. The number of nitriles is 1. The maximum atomic E-state index is 12.9. The second kappa shape index (κ2) is 11.3. The van der Waals surface area contributed by atoms with Crippen LogP contribution in [-0.4, -0.2) is 58.2 Å². The zero-order valence-corrected chi connectivity index (χ0v) is 22.5. The van der Waals surface area contributed by atoms with Crippen molar-refractivity contribution in [2.24, 2.45) is 0 Å². The van der Waals surface area contributed by atoms with E-state index in [9.17, 15) is 23.2 Å². The van der Waals surface area contributed by atoms with Gasteiger partial charge in [0.15, 0.2) is 0 Å². The van der Waals surface area contributed by atoms with Crippen LogP contribution in [0.1, 0.15) is 30.5 Å². The Bertz CT molecular complexity index is 1630. The number of rotatable bonds is 6. The summed E-state index contributed by atoms with van der Waals surface area (Å²) >= 11 is 0. The molecule has 1 aliphatic rings. The second-order valence-corrected chi connectivity index (χ2v) is 9.61. The van der Waals surface area contributed by atoms with Gasteiger partial charge in [-0.1, -0.05) is 12.1 Å². The van der Waals surface area contributed by atoms with Crippen LogP contribution in [-0.2, 0) is 11.0 Å². The summed E-state index contributed by atoms with van der Waals surface area (Å²) in [5.74, 6) is 1.22. The van der Waals surface area contributed by atoms with Crippen molar-refractivity contribution in [3.05, 3.63) is 83.8 Å². The lowest BCUT2D eigenvalue weighted by molar-refractivity contribution is -0.137. The number of amides is 1. The Morgan fingerprint density at radius 3 is 2.44 bits per heavy atom. The van der Waals surface area contributed by atoms with Gasteiger partial charge in [-0.3, -0.25) is 4.79 Å². The number of halogens is 3. The summed E-state index contributed by atoms with van der Waals surface area (Å²) in [6, 6.07) is 12.7. The molecule has 1 fully saturated rings. The molecule has 0 N–H and O–H groups in total. The van der Waals surface area contributed by atoms with E-state index in [1.807, 2.05) is 25.1 Å². The molecule has 1 saturated heterocycles. The van der Waals surface area contributed by atoms with Crippen molar-refractivity contribution in [1.29, 1.82) is 5.26 Å². The number of hydrogen-bond donors (Lipinski definition) is 0. The molecule has 5 rings (SSSR count). The number of fused-ring (bicyclic) bond motifs is 1. The van der Waals surface area contributed by atoms with E-state index in [2.05, 4.69) is 21.1 Å². The van der Waals surface area contributed by atoms with E-state index < -0.39 is 11.7 Å². The molecule has 0 saturated carbocycles. The van der Waals surface area contributed by atoms with Gasteiger partial charge in [-0.05, 0) is 55.3 Å². The van der Waals surface area contributed by atoms with Crippen LogP contribution in [0.5, 0.6) is 5.75 Å². The summed E-state index contributed by atoms with van der Waals surface area (Å²) in [6.45, 7) is 6.23. The van der Waals surface area contributed by atoms with Crippen LogP contribution in [0.3, 0.4) is 0 Å². The van der Waals surface area contributed by atoms with E-state index in [0.717, 1.165) is 29.1 Å². The zero-order chi connectivity index (χ0) is 29.1. The van der Waals surface area contributed by atoms with E-state index in [0.29, 0.717) is 60.8 Å². The van der Waals surface area contributed by atoms with Gasteiger partial charge in [0.05, 0.1) is 35.6 Å². The average Bonchev–Trinajstić information content (AvgIpc) is 3.40. The number of piperazine rings is 1. The fraction of sp³-hybridized carbons (Fsp3) is 0.267. The van der Waals surface area contributed by atoms with Gasteiger partial charge in [0.1, 0.15) is 17.6 Å². The highest BCUT2D eigenvalue weighted by atomic mass is 19.4. The van der Waals surface area contributed by atoms with Crippen molar-refractivity contribution >= 4 is 22.8 Å². The highest BCUT2D eigenvalue weighted by Crippen LogP contribution is 2.32. The standard InChI is InChI=1S/C30H27F3N6O2/c1-3-41-25-15-26(29-23(16-34)18-36-39(29)19-25)22-6-9-27(35-17-22)37-10-12-38(13-11-37)28(40)14-20(2)21-4-7-24(8-5-21)30(31,32)33/h4-9,14-15,17-19H,3,10-13H2,1-2H3/b20-14+. The maximum Gasteiger partial charge on any atom is 0.416 e.